The van der Waals surface area contributed by atoms with Gasteiger partial charge in [0.2, 0.25) is 0 Å². The Morgan fingerprint density at radius 1 is 1.12 bits per heavy atom. The first-order chi connectivity index (χ1) is 12.2. The lowest BCUT2D eigenvalue weighted by molar-refractivity contribution is 0.0662. The maximum Gasteiger partial charge on any atom is 0.182 e. The van der Waals surface area contributed by atoms with Crippen LogP contribution in [0.3, 0.4) is 0 Å². The molecule has 128 valence electrons. The van der Waals surface area contributed by atoms with Crippen molar-refractivity contribution in [2.24, 2.45) is 0 Å². The van der Waals surface area contributed by atoms with Crippen LogP contribution in [-0.2, 0) is 0 Å². The Balaban J connectivity index is 1.45. The van der Waals surface area contributed by atoms with Crippen molar-refractivity contribution in [2.75, 3.05) is 7.05 Å². The molecule has 2 saturated heterocycles. The molecule has 5 rings (SSSR count). The minimum absolute atomic E-state index is 0.0772. The van der Waals surface area contributed by atoms with Gasteiger partial charge in [-0.3, -0.25) is 4.79 Å². The van der Waals surface area contributed by atoms with Gasteiger partial charge in [0.15, 0.2) is 16.8 Å². The summed E-state index contributed by atoms with van der Waals surface area (Å²) in [7, 11) is 2.23. The molecular weight excluding hydrogens is 316 g/mol. The predicted molar refractivity (Wildman–Crippen MR) is 95.1 cm³/mol. The fourth-order valence-corrected chi connectivity index (χ4v) is 4.31. The molecule has 2 fully saturated rings. The van der Waals surface area contributed by atoms with E-state index in [0.717, 1.165) is 24.1 Å². The van der Waals surface area contributed by atoms with Gasteiger partial charge in [-0.1, -0.05) is 0 Å². The zero-order valence-electron chi connectivity index (χ0n) is 14.1. The Morgan fingerprint density at radius 2 is 1.92 bits per heavy atom. The van der Waals surface area contributed by atoms with E-state index < -0.39 is 0 Å². The zero-order chi connectivity index (χ0) is 17.0. The van der Waals surface area contributed by atoms with Crippen molar-refractivity contribution in [1.29, 1.82) is 0 Å². The van der Waals surface area contributed by atoms with E-state index in [0.29, 0.717) is 29.1 Å². The van der Waals surface area contributed by atoms with Gasteiger partial charge in [-0.15, -0.1) is 0 Å². The fraction of sp³-hybridized carbons (Fsp3) is 0.400. The first kappa shape index (κ1) is 14.9. The van der Waals surface area contributed by atoms with Gasteiger partial charge >= 0.3 is 0 Å². The number of fused-ring (bicyclic) bond motifs is 4. The highest BCUT2D eigenvalue weighted by molar-refractivity contribution is 5.77. The third-order valence-electron chi connectivity index (χ3n) is 5.68. The van der Waals surface area contributed by atoms with Crippen LogP contribution in [0.25, 0.3) is 22.6 Å². The lowest BCUT2D eigenvalue weighted by atomic mass is 10.0. The highest BCUT2D eigenvalue weighted by Gasteiger charge is 2.39. The van der Waals surface area contributed by atoms with Gasteiger partial charge in [-0.25, -0.2) is 4.98 Å². The molecular formula is C20H20N2O3. The second-order valence-corrected chi connectivity index (χ2v) is 7.23. The van der Waals surface area contributed by atoms with E-state index in [1.165, 1.54) is 25.0 Å². The molecule has 0 amide bonds. The zero-order valence-corrected chi connectivity index (χ0v) is 14.1. The Hall–Kier alpha value is -2.40. The molecule has 3 aliphatic heterocycles. The largest absolute Gasteiger partial charge is 0.490 e. The topological polar surface area (TPSA) is 55.6 Å². The van der Waals surface area contributed by atoms with Crippen LogP contribution in [0.2, 0.25) is 0 Å². The van der Waals surface area contributed by atoms with Gasteiger partial charge in [-0.2, -0.15) is 0 Å². The van der Waals surface area contributed by atoms with Crippen LogP contribution < -0.4 is 10.2 Å². The van der Waals surface area contributed by atoms with E-state index in [4.69, 9.17) is 9.15 Å². The molecule has 0 N–H and O–H groups in total. The summed E-state index contributed by atoms with van der Waals surface area (Å²) in [5.41, 5.74) is 2.02. The quantitative estimate of drug-likeness (QED) is 0.672. The molecule has 25 heavy (non-hydrogen) atoms. The number of hydrogen-bond acceptors (Lipinski definition) is 5. The van der Waals surface area contributed by atoms with E-state index in [9.17, 15) is 4.79 Å². The van der Waals surface area contributed by atoms with E-state index >= 15 is 0 Å². The average molecular weight is 336 g/mol. The van der Waals surface area contributed by atoms with E-state index in [2.05, 4.69) is 16.9 Å². The number of benzene rings is 2. The van der Waals surface area contributed by atoms with Gasteiger partial charge in [0.1, 0.15) is 23.1 Å². The number of nitrogens with zero attached hydrogens (tertiary/aromatic N) is 2. The molecule has 0 radical (unpaired) electrons. The third-order valence-corrected chi connectivity index (χ3v) is 5.68. The molecule has 0 saturated carbocycles. The first-order valence-electron chi connectivity index (χ1n) is 8.89. The van der Waals surface area contributed by atoms with Crippen LogP contribution in [-0.4, -0.2) is 35.1 Å². The van der Waals surface area contributed by atoms with Crippen molar-refractivity contribution in [3.63, 3.8) is 0 Å². The van der Waals surface area contributed by atoms with Gasteiger partial charge in [0, 0.05) is 24.2 Å². The summed E-state index contributed by atoms with van der Waals surface area (Å²) < 4.78 is 12.1. The van der Waals surface area contributed by atoms with Crippen molar-refractivity contribution < 1.29 is 9.15 Å². The molecule has 0 aromatic heterocycles. The Kier molecular flexibility index (Phi) is 3.31. The van der Waals surface area contributed by atoms with Crippen LogP contribution in [0.1, 0.15) is 25.7 Å². The summed E-state index contributed by atoms with van der Waals surface area (Å²) in [5, 5.41) is 0. The second-order valence-electron chi connectivity index (χ2n) is 7.23. The standard InChI is InChI=1S/C20H20N2O3/c1-22-12-2-3-13(22)9-16(8-12)24-15-5-7-18-20(11-15)25-19-10-14(23)4-6-17(19)21-18/h4-7,10-13,16H,2-3,8-9H2,1H3/t12-,13+,16+. The molecule has 0 spiro atoms. The molecule has 3 atom stereocenters. The van der Waals surface area contributed by atoms with Crippen LogP contribution >= 0.6 is 0 Å². The van der Waals surface area contributed by atoms with Gasteiger partial charge in [-0.05, 0) is 57.0 Å². The van der Waals surface area contributed by atoms with Crippen molar-refractivity contribution in [1.82, 2.24) is 9.88 Å². The van der Waals surface area contributed by atoms with Gasteiger partial charge in [0.05, 0.1) is 0 Å². The Bertz CT molecular complexity index is 953. The summed E-state index contributed by atoms with van der Waals surface area (Å²) >= 11 is 0. The lowest BCUT2D eigenvalue weighted by Crippen LogP contribution is -2.43. The van der Waals surface area contributed by atoms with Gasteiger partial charge in [0.25, 0.3) is 0 Å². The lowest BCUT2D eigenvalue weighted by Gasteiger charge is -2.36. The summed E-state index contributed by atoms with van der Waals surface area (Å²) in [6, 6.07) is 11.7. The van der Waals surface area contributed by atoms with Crippen molar-refractivity contribution >= 4 is 11.1 Å². The third kappa shape index (κ3) is 2.59. The van der Waals surface area contributed by atoms with Crippen molar-refractivity contribution in [3.05, 3.63) is 46.6 Å². The SMILES string of the molecule is CN1[C@@H]2CC[C@H]1C[C@@H](Oc1ccc3nc4ccc(=O)cc-4oc3c1)C2. The highest BCUT2D eigenvalue weighted by Crippen LogP contribution is 2.36. The monoisotopic (exact) mass is 336 g/mol. The number of ether oxygens (including phenoxy) is 1. The van der Waals surface area contributed by atoms with Crippen LogP contribution in [0.4, 0.5) is 0 Å². The number of rotatable bonds is 2. The van der Waals surface area contributed by atoms with Crippen LogP contribution in [0, 0.1) is 0 Å². The summed E-state index contributed by atoms with van der Waals surface area (Å²) in [6.07, 6.45) is 4.98. The number of piperidine rings is 1. The molecule has 5 heteroatoms. The maximum absolute atomic E-state index is 11.5. The minimum atomic E-state index is -0.0772. The highest BCUT2D eigenvalue weighted by atomic mass is 16.5. The smallest absolute Gasteiger partial charge is 0.182 e. The molecule has 1 aromatic rings. The number of hydrogen-bond donors (Lipinski definition) is 0. The molecule has 4 aliphatic rings. The van der Waals surface area contributed by atoms with Gasteiger partial charge < -0.3 is 14.1 Å². The van der Waals surface area contributed by atoms with Crippen molar-refractivity contribution in [2.45, 2.75) is 43.9 Å². The summed E-state index contributed by atoms with van der Waals surface area (Å²) in [4.78, 5) is 18.6. The van der Waals surface area contributed by atoms with Crippen molar-refractivity contribution in [3.8, 4) is 17.2 Å². The molecule has 5 nitrogen and oxygen atoms in total. The fourth-order valence-electron chi connectivity index (χ4n) is 4.31. The summed E-state index contributed by atoms with van der Waals surface area (Å²) in [6.45, 7) is 0. The van der Waals surface area contributed by atoms with Crippen LogP contribution in [0.5, 0.6) is 5.75 Å². The molecule has 0 unspecified atom stereocenters. The molecule has 1 aliphatic carbocycles. The normalized spacial score (nSPS) is 26.4. The second kappa shape index (κ2) is 5.56. The molecule has 1 aromatic carbocycles. The summed E-state index contributed by atoms with van der Waals surface area (Å²) in [5.74, 6) is 1.32. The van der Waals surface area contributed by atoms with E-state index in [1.807, 2.05) is 18.2 Å². The van der Waals surface area contributed by atoms with E-state index in [-0.39, 0.29) is 11.5 Å². The number of aromatic nitrogens is 1. The predicted octanol–water partition coefficient (Wildman–Crippen LogP) is 3.30. The maximum atomic E-state index is 11.5. The van der Waals surface area contributed by atoms with E-state index in [1.54, 1.807) is 6.07 Å². The first-order valence-corrected chi connectivity index (χ1v) is 8.89. The Labute approximate surface area is 145 Å². The molecule has 2 bridgehead atoms. The minimum Gasteiger partial charge on any atom is -0.490 e. The Morgan fingerprint density at radius 3 is 2.72 bits per heavy atom. The van der Waals surface area contributed by atoms with Crippen LogP contribution in [0.15, 0.2) is 45.6 Å². The average Bonchev–Trinajstić information content (AvgIpc) is 2.81. The molecule has 3 heterocycles.